The molecule has 3 heteroatoms. The first-order valence-corrected chi connectivity index (χ1v) is 4.93. The molecule has 14 heavy (non-hydrogen) atoms. The molecule has 1 rings (SSSR count). The molecule has 1 aliphatic carbocycles. The topological polar surface area (TPSA) is 57.5 Å². The number of hydrogen-bond donors (Lipinski definition) is 2. The van der Waals surface area contributed by atoms with Crippen LogP contribution in [-0.4, -0.2) is 22.1 Å². The van der Waals surface area contributed by atoms with Gasteiger partial charge in [0.15, 0.2) is 5.78 Å². The van der Waals surface area contributed by atoms with Crippen LogP contribution < -0.4 is 0 Å². The highest BCUT2D eigenvalue weighted by atomic mass is 16.3. The maximum Gasteiger partial charge on any atom is 0.167 e. The fourth-order valence-electron chi connectivity index (χ4n) is 2.11. The van der Waals surface area contributed by atoms with Crippen LogP contribution in [0, 0.1) is 11.3 Å². The highest BCUT2D eigenvalue weighted by molar-refractivity contribution is 5.99. The molecule has 2 unspecified atom stereocenters. The molecule has 0 fully saturated rings. The molecular formula is C11H18O3. The standard InChI is InChI=1S/C11H18O3/c1-6-5-11(3,4)10(14)8(7(2)12)9(6)13/h6-7,12,14H,5H2,1-4H3. The van der Waals surface area contributed by atoms with Crippen molar-refractivity contribution in [2.75, 3.05) is 0 Å². The highest BCUT2D eigenvalue weighted by Crippen LogP contribution is 2.40. The fourth-order valence-corrected chi connectivity index (χ4v) is 2.11. The van der Waals surface area contributed by atoms with Crippen LogP contribution in [0.15, 0.2) is 11.3 Å². The quantitative estimate of drug-likeness (QED) is 0.675. The van der Waals surface area contributed by atoms with Gasteiger partial charge in [0.1, 0.15) is 5.76 Å². The molecule has 2 N–H and O–H groups in total. The van der Waals surface area contributed by atoms with Crippen LogP contribution in [0.1, 0.15) is 34.1 Å². The Morgan fingerprint density at radius 2 is 2.00 bits per heavy atom. The lowest BCUT2D eigenvalue weighted by molar-refractivity contribution is -0.122. The zero-order valence-electron chi connectivity index (χ0n) is 9.16. The van der Waals surface area contributed by atoms with E-state index in [2.05, 4.69) is 0 Å². The smallest absolute Gasteiger partial charge is 0.167 e. The Morgan fingerprint density at radius 1 is 1.50 bits per heavy atom. The van der Waals surface area contributed by atoms with Crippen molar-refractivity contribution in [3.8, 4) is 0 Å². The van der Waals surface area contributed by atoms with Crippen LogP contribution in [0.3, 0.4) is 0 Å². The predicted molar refractivity (Wildman–Crippen MR) is 53.9 cm³/mol. The minimum absolute atomic E-state index is 0.0515. The summed E-state index contributed by atoms with van der Waals surface area (Å²) in [6.07, 6.45) is -0.252. The molecule has 0 saturated heterocycles. The summed E-state index contributed by atoms with van der Waals surface area (Å²) in [5.74, 6) is -0.196. The molecule has 0 spiro atoms. The Hall–Kier alpha value is -0.830. The summed E-state index contributed by atoms with van der Waals surface area (Å²) < 4.78 is 0. The Kier molecular flexibility index (Phi) is 2.72. The molecule has 0 saturated carbocycles. The third-order valence-corrected chi connectivity index (χ3v) is 2.84. The Balaban J connectivity index is 3.23. The van der Waals surface area contributed by atoms with Gasteiger partial charge in [-0.05, 0) is 13.3 Å². The second-order valence-corrected chi connectivity index (χ2v) is 4.79. The van der Waals surface area contributed by atoms with Crippen molar-refractivity contribution in [3.05, 3.63) is 11.3 Å². The lowest BCUT2D eigenvalue weighted by atomic mass is 9.71. The molecule has 2 atom stereocenters. The number of carbonyl (C=O) groups excluding carboxylic acids is 1. The summed E-state index contributed by atoms with van der Waals surface area (Å²) in [5.41, 5.74) is -0.214. The number of allylic oxidation sites excluding steroid dienone is 1. The first-order chi connectivity index (χ1) is 6.27. The largest absolute Gasteiger partial charge is 0.511 e. The second-order valence-electron chi connectivity index (χ2n) is 4.79. The van der Waals surface area contributed by atoms with Gasteiger partial charge < -0.3 is 10.2 Å². The summed E-state index contributed by atoms with van der Waals surface area (Å²) in [4.78, 5) is 11.7. The molecule has 0 aromatic rings. The van der Waals surface area contributed by atoms with Gasteiger partial charge in [-0.15, -0.1) is 0 Å². The molecule has 0 amide bonds. The third-order valence-electron chi connectivity index (χ3n) is 2.84. The van der Waals surface area contributed by atoms with Crippen molar-refractivity contribution >= 4 is 5.78 Å². The summed E-state index contributed by atoms with van der Waals surface area (Å²) >= 11 is 0. The molecular weight excluding hydrogens is 180 g/mol. The maximum absolute atomic E-state index is 11.7. The third kappa shape index (κ3) is 1.69. The lowest BCUT2D eigenvalue weighted by Crippen LogP contribution is -2.35. The average Bonchev–Trinajstić information content (AvgIpc) is 2.00. The molecule has 0 aromatic carbocycles. The van der Waals surface area contributed by atoms with E-state index in [9.17, 15) is 15.0 Å². The van der Waals surface area contributed by atoms with Crippen LogP contribution in [0.2, 0.25) is 0 Å². The normalized spacial score (nSPS) is 29.2. The molecule has 0 aromatic heterocycles. The molecule has 0 bridgehead atoms. The van der Waals surface area contributed by atoms with Gasteiger partial charge in [0.25, 0.3) is 0 Å². The average molecular weight is 198 g/mol. The number of aliphatic hydroxyl groups excluding tert-OH is 2. The van der Waals surface area contributed by atoms with Gasteiger partial charge in [-0.3, -0.25) is 4.79 Å². The van der Waals surface area contributed by atoms with E-state index in [1.807, 2.05) is 20.8 Å². The molecule has 0 radical (unpaired) electrons. The van der Waals surface area contributed by atoms with Crippen molar-refractivity contribution < 1.29 is 15.0 Å². The zero-order chi connectivity index (χ0) is 11.1. The number of carbonyl (C=O) groups is 1. The van der Waals surface area contributed by atoms with Gasteiger partial charge in [-0.1, -0.05) is 20.8 Å². The maximum atomic E-state index is 11.7. The van der Waals surface area contributed by atoms with E-state index in [1.165, 1.54) is 6.92 Å². The highest BCUT2D eigenvalue weighted by Gasteiger charge is 2.39. The van der Waals surface area contributed by atoms with E-state index in [0.717, 1.165) is 0 Å². The SMILES string of the molecule is CC(O)C1=C(O)C(C)(C)CC(C)C1=O. The first-order valence-electron chi connectivity index (χ1n) is 4.93. The van der Waals surface area contributed by atoms with Gasteiger partial charge in [-0.25, -0.2) is 0 Å². The van der Waals surface area contributed by atoms with Crippen LogP contribution in [0.4, 0.5) is 0 Å². The van der Waals surface area contributed by atoms with E-state index in [0.29, 0.717) is 6.42 Å². The van der Waals surface area contributed by atoms with E-state index in [4.69, 9.17) is 0 Å². The van der Waals surface area contributed by atoms with Crippen molar-refractivity contribution in [3.63, 3.8) is 0 Å². The van der Waals surface area contributed by atoms with Crippen molar-refractivity contribution in [2.45, 2.75) is 40.2 Å². The van der Waals surface area contributed by atoms with Crippen molar-refractivity contribution in [1.82, 2.24) is 0 Å². The second kappa shape index (κ2) is 3.39. The van der Waals surface area contributed by atoms with Crippen LogP contribution in [0.25, 0.3) is 0 Å². The Bertz CT molecular complexity index is 287. The number of Topliss-reactive ketones (excluding diaryl/α,β-unsaturated/α-hetero) is 1. The molecule has 1 aliphatic rings. The molecule has 3 nitrogen and oxygen atoms in total. The van der Waals surface area contributed by atoms with Gasteiger partial charge >= 0.3 is 0 Å². The van der Waals surface area contributed by atoms with Crippen molar-refractivity contribution in [1.29, 1.82) is 0 Å². The first kappa shape index (κ1) is 11.2. The van der Waals surface area contributed by atoms with Crippen LogP contribution in [0.5, 0.6) is 0 Å². The number of rotatable bonds is 1. The van der Waals surface area contributed by atoms with Gasteiger partial charge in [0, 0.05) is 11.3 Å². The van der Waals surface area contributed by atoms with Gasteiger partial charge in [0.2, 0.25) is 0 Å². The lowest BCUT2D eigenvalue weighted by Gasteiger charge is -2.34. The summed E-state index contributed by atoms with van der Waals surface area (Å²) in [6.45, 7) is 7.11. The molecule has 80 valence electrons. The fraction of sp³-hybridized carbons (Fsp3) is 0.727. The van der Waals surface area contributed by atoms with E-state index in [1.54, 1.807) is 0 Å². The summed E-state index contributed by atoms with van der Waals surface area (Å²) in [5, 5.41) is 19.3. The van der Waals surface area contributed by atoms with Crippen LogP contribution in [-0.2, 0) is 4.79 Å². The van der Waals surface area contributed by atoms with Crippen LogP contribution >= 0.6 is 0 Å². The minimum Gasteiger partial charge on any atom is -0.511 e. The molecule has 0 aliphatic heterocycles. The molecule has 0 heterocycles. The van der Waals surface area contributed by atoms with Crippen molar-refractivity contribution in [2.24, 2.45) is 11.3 Å². The number of hydrogen-bond acceptors (Lipinski definition) is 3. The van der Waals surface area contributed by atoms with Gasteiger partial charge in [0.05, 0.1) is 11.7 Å². The number of ketones is 1. The summed E-state index contributed by atoms with van der Waals surface area (Å²) in [7, 11) is 0. The predicted octanol–water partition coefficient (Wildman–Crippen LogP) is 1.81. The van der Waals surface area contributed by atoms with Gasteiger partial charge in [-0.2, -0.15) is 0 Å². The van der Waals surface area contributed by atoms with E-state index in [-0.39, 0.29) is 23.0 Å². The van der Waals surface area contributed by atoms with E-state index >= 15 is 0 Å². The summed E-state index contributed by atoms with van der Waals surface area (Å²) in [6, 6.07) is 0. The zero-order valence-corrected chi connectivity index (χ0v) is 9.16. The number of aliphatic hydroxyl groups is 2. The van der Waals surface area contributed by atoms with E-state index < -0.39 is 11.5 Å². The Morgan fingerprint density at radius 3 is 2.43 bits per heavy atom. The monoisotopic (exact) mass is 198 g/mol. The Labute approximate surface area is 84.4 Å². The minimum atomic E-state index is -0.885.